The predicted octanol–water partition coefficient (Wildman–Crippen LogP) is 2.95. The molecule has 3 heteroatoms. The molecule has 1 heterocycles. The summed E-state index contributed by atoms with van der Waals surface area (Å²) < 4.78 is 5.54. The molecule has 0 bridgehead atoms. The molecule has 0 amide bonds. The van der Waals surface area contributed by atoms with Crippen LogP contribution in [0.1, 0.15) is 48.4 Å². The summed E-state index contributed by atoms with van der Waals surface area (Å²) in [7, 11) is 0. The van der Waals surface area contributed by atoms with E-state index in [4.69, 9.17) is 10.5 Å². The number of morpholine rings is 1. The first kappa shape index (κ1) is 15.0. The summed E-state index contributed by atoms with van der Waals surface area (Å²) in [6, 6.07) is 6.85. The normalized spacial score (nSPS) is 24.1. The van der Waals surface area contributed by atoms with Gasteiger partial charge in [-0.3, -0.25) is 4.90 Å². The molecular weight excluding hydrogens is 260 g/mol. The zero-order valence-electron chi connectivity index (χ0n) is 13.4. The van der Waals surface area contributed by atoms with Crippen LogP contribution in [0.2, 0.25) is 0 Å². The molecule has 1 aromatic carbocycles. The van der Waals surface area contributed by atoms with Crippen molar-refractivity contribution in [1.29, 1.82) is 0 Å². The predicted molar refractivity (Wildman–Crippen MR) is 86.4 cm³/mol. The summed E-state index contributed by atoms with van der Waals surface area (Å²) in [5.74, 6) is 0. The van der Waals surface area contributed by atoms with Gasteiger partial charge in [-0.25, -0.2) is 0 Å². The molecule has 1 saturated carbocycles. The van der Waals surface area contributed by atoms with Gasteiger partial charge in [-0.15, -0.1) is 0 Å². The second kappa shape index (κ2) is 6.07. The molecule has 2 fully saturated rings. The molecular formula is C18H28N2O. The fourth-order valence-corrected chi connectivity index (χ4v) is 4.09. The standard InChI is InChI=1S/C18H28N2O/c1-14-5-6-16(13-15(14)2)17(19)18(7-3-4-8-18)20-9-11-21-12-10-20/h5-6,13,17H,3-4,7-12,19H2,1-2H3. The van der Waals surface area contributed by atoms with E-state index >= 15 is 0 Å². The van der Waals surface area contributed by atoms with Crippen molar-refractivity contribution in [3.63, 3.8) is 0 Å². The first-order chi connectivity index (χ1) is 10.1. The minimum Gasteiger partial charge on any atom is -0.379 e. The number of hydrogen-bond acceptors (Lipinski definition) is 3. The second-order valence-corrected chi connectivity index (χ2v) is 6.73. The van der Waals surface area contributed by atoms with Gasteiger partial charge in [0.1, 0.15) is 0 Å². The van der Waals surface area contributed by atoms with Gasteiger partial charge in [0.2, 0.25) is 0 Å². The zero-order chi connectivity index (χ0) is 14.9. The highest BCUT2D eigenvalue weighted by atomic mass is 16.5. The molecule has 1 aliphatic heterocycles. The minimum absolute atomic E-state index is 0.109. The molecule has 3 rings (SSSR count). The summed E-state index contributed by atoms with van der Waals surface area (Å²) >= 11 is 0. The molecule has 0 spiro atoms. The van der Waals surface area contributed by atoms with Crippen molar-refractivity contribution in [1.82, 2.24) is 4.90 Å². The van der Waals surface area contributed by atoms with Gasteiger partial charge in [0.05, 0.1) is 13.2 Å². The molecule has 1 aromatic rings. The van der Waals surface area contributed by atoms with Crippen LogP contribution < -0.4 is 5.73 Å². The van der Waals surface area contributed by atoms with E-state index in [-0.39, 0.29) is 11.6 Å². The van der Waals surface area contributed by atoms with Crippen LogP contribution in [0.15, 0.2) is 18.2 Å². The smallest absolute Gasteiger partial charge is 0.0594 e. The average molecular weight is 288 g/mol. The molecule has 2 aliphatic rings. The lowest BCUT2D eigenvalue weighted by atomic mass is 9.81. The van der Waals surface area contributed by atoms with Crippen LogP contribution >= 0.6 is 0 Å². The third kappa shape index (κ3) is 2.75. The highest BCUT2D eigenvalue weighted by molar-refractivity contribution is 5.33. The number of aryl methyl sites for hydroxylation is 2. The van der Waals surface area contributed by atoms with Gasteiger partial charge in [-0.2, -0.15) is 0 Å². The van der Waals surface area contributed by atoms with Crippen LogP contribution in [-0.4, -0.2) is 36.7 Å². The van der Waals surface area contributed by atoms with Crippen LogP contribution in [0.5, 0.6) is 0 Å². The van der Waals surface area contributed by atoms with Crippen LogP contribution in [0.25, 0.3) is 0 Å². The molecule has 1 aliphatic carbocycles. The maximum absolute atomic E-state index is 6.80. The van der Waals surface area contributed by atoms with Gasteiger partial charge in [-0.05, 0) is 43.4 Å². The average Bonchev–Trinajstić information content (AvgIpc) is 3.01. The Bertz CT molecular complexity index is 488. The Kier molecular flexibility index (Phi) is 4.34. The number of ether oxygens (including phenoxy) is 1. The molecule has 0 aromatic heterocycles. The Labute approximate surface area is 128 Å². The SMILES string of the molecule is Cc1ccc(C(N)C2(N3CCOCC3)CCCC2)cc1C. The molecule has 21 heavy (non-hydrogen) atoms. The van der Waals surface area contributed by atoms with Crippen molar-refractivity contribution in [3.05, 3.63) is 34.9 Å². The molecule has 2 N–H and O–H groups in total. The lowest BCUT2D eigenvalue weighted by molar-refractivity contribution is -0.0311. The monoisotopic (exact) mass is 288 g/mol. The topological polar surface area (TPSA) is 38.5 Å². The van der Waals surface area contributed by atoms with Crippen LogP contribution in [0.3, 0.4) is 0 Å². The Morgan fingerprint density at radius 2 is 1.76 bits per heavy atom. The Balaban J connectivity index is 1.90. The van der Waals surface area contributed by atoms with E-state index in [1.165, 1.54) is 42.4 Å². The first-order valence-corrected chi connectivity index (χ1v) is 8.29. The highest BCUT2D eigenvalue weighted by Gasteiger charge is 2.45. The van der Waals surface area contributed by atoms with Crippen LogP contribution in [0, 0.1) is 13.8 Å². The van der Waals surface area contributed by atoms with E-state index < -0.39 is 0 Å². The fraction of sp³-hybridized carbons (Fsp3) is 0.667. The maximum atomic E-state index is 6.80. The van der Waals surface area contributed by atoms with Gasteiger partial charge in [0.25, 0.3) is 0 Å². The molecule has 3 nitrogen and oxygen atoms in total. The van der Waals surface area contributed by atoms with Gasteiger partial charge in [0, 0.05) is 24.7 Å². The van der Waals surface area contributed by atoms with E-state index in [2.05, 4.69) is 36.9 Å². The number of nitrogens with two attached hydrogens (primary N) is 1. The van der Waals surface area contributed by atoms with Gasteiger partial charge >= 0.3 is 0 Å². The van der Waals surface area contributed by atoms with Gasteiger partial charge < -0.3 is 10.5 Å². The summed E-state index contributed by atoms with van der Waals surface area (Å²) in [4.78, 5) is 2.61. The summed E-state index contributed by atoms with van der Waals surface area (Å²) in [6.45, 7) is 8.10. The van der Waals surface area contributed by atoms with Crippen molar-refractivity contribution < 1.29 is 4.74 Å². The molecule has 1 atom stereocenters. The first-order valence-electron chi connectivity index (χ1n) is 8.29. The number of hydrogen-bond donors (Lipinski definition) is 1. The minimum atomic E-state index is 0.109. The van der Waals surface area contributed by atoms with Gasteiger partial charge in [-0.1, -0.05) is 31.0 Å². The number of nitrogens with zero attached hydrogens (tertiary/aromatic N) is 1. The van der Waals surface area contributed by atoms with E-state index in [0.29, 0.717) is 0 Å². The largest absolute Gasteiger partial charge is 0.379 e. The van der Waals surface area contributed by atoms with Crippen molar-refractivity contribution in [2.45, 2.75) is 51.1 Å². The van der Waals surface area contributed by atoms with Crippen LogP contribution in [0.4, 0.5) is 0 Å². The molecule has 1 saturated heterocycles. The Hall–Kier alpha value is -0.900. The van der Waals surface area contributed by atoms with Crippen molar-refractivity contribution in [2.24, 2.45) is 5.73 Å². The van der Waals surface area contributed by atoms with Gasteiger partial charge in [0.15, 0.2) is 0 Å². The van der Waals surface area contributed by atoms with E-state index in [1.54, 1.807) is 0 Å². The number of benzene rings is 1. The zero-order valence-corrected chi connectivity index (χ0v) is 13.4. The Morgan fingerprint density at radius 1 is 1.10 bits per heavy atom. The quantitative estimate of drug-likeness (QED) is 0.929. The third-order valence-electron chi connectivity index (χ3n) is 5.58. The maximum Gasteiger partial charge on any atom is 0.0594 e. The number of rotatable bonds is 3. The molecule has 116 valence electrons. The Morgan fingerprint density at radius 3 is 2.38 bits per heavy atom. The molecule has 1 unspecified atom stereocenters. The summed E-state index contributed by atoms with van der Waals surface area (Å²) in [5.41, 5.74) is 10.9. The fourth-order valence-electron chi connectivity index (χ4n) is 4.09. The third-order valence-corrected chi connectivity index (χ3v) is 5.58. The van der Waals surface area contributed by atoms with E-state index in [0.717, 1.165) is 26.3 Å². The van der Waals surface area contributed by atoms with Crippen molar-refractivity contribution in [2.75, 3.05) is 26.3 Å². The lowest BCUT2D eigenvalue weighted by Crippen LogP contribution is -2.57. The van der Waals surface area contributed by atoms with E-state index in [1.807, 2.05) is 0 Å². The molecule has 0 radical (unpaired) electrons. The second-order valence-electron chi connectivity index (χ2n) is 6.73. The van der Waals surface area contributed by atoms with Crippen LogP contribution in [-0.2, 0) is 4.74 Å². The lowest BCUT2D eigenvalue weighted by Gasteiger charge is -2.47. The van der Waals surface area contributed by atoms with Crippen molar-refractivity contribution >= 4 is 0 Å². The summed E-state index contributed by atoms with van der Waals surface area (Å²) in [5, 5.41) is 0. The highest BCUT2D eigenvalue weighted by Crippen LogP contribution is 2.43. The van der Waals surface area contributed by atoms with Crippen molar-refractivity contribution in [3.8, 4) is 0 Å². The summed E-state index contributed by atoms with van der Waals surface area (Å²) in [6.07, 6.45) is 5.05. The van der Waals surface area contributed by atoms with E-state index in [9.17, 15) is 0 Å².